The summed E-state index contributed by atoms with van der Waals surface area (Å²) < 4.78 is 44.2. The molecule has 4 rings (SSSR count). The van der Waals surface area contributed by atoms with Crippen LogP contribution in [0.25, 0.3) is 0 Å². The average molecular weight is 475 g/mol. The van der Waals surface area contributed by atoms with E-state index in [0.29, 0.717) is 35.2 Å². The van der Waals surface area contributed by atoms with Crippen molar-refractivity contribution in [3.05, 3.63) is 71.2 Å². The van der Waals surface area contributed by atoms with Gasteiger partial charge in [0.2, 0.25) is 6.79 Å². The molecule has 10 heteroatoms. The van der Waals surface area contributed by atoms with E-state index in [0.717, 1.165) is 0 Å². The Hall–Kier alpha value is -3.43. The summed E-state index contributed by atoms with van der Waals surface area (Å²) in [6.07, 6.45) is 0. The summed E-state index contributed by atoms with van der Waals surface area (Å²) in [5.74, 6) is 1.22. The van der Waals surface area contributed by atoms with Gasteiger partial charge in [-0.05, 0) is 61.5 Å². The highest BCUT2D eigenvalue weighted by molar-refractivity contribution is 7.92. The first-order chi connectivity index (χ1) is 15.4. The lowest BCUT2D eigenvalue weighted by molar-refractivity contribution is 0.102. The van der Waals surface area contributed by atoms with E-state index in [1.807, 2.05) is 6.92 Å². The van der Waals surface area contributed by atoms with Gasteiger partial charge in [0.05, 0.1) is 11.6 Å². The van der Waals surface area contributed by atoms with Crippen molar-refractivity contribution in [3.8, 4) is 17.2 Å². The zero-order valence-corrected chi connectivity index (χ0v) is 18.5. The molecule has 0 spiro atoms. The number of amides is 1. The molecule has 0 bridgehead atoms. The highest BCUT2D eigenvalue weighted by Gasteiger charge is 2.21. The number of halogens is 1. The van der Waals surface area contributed by atoms with E-state index in [2.05, 4.69) is 10.0 Å². The molecule has 2 N–H and O–H groups in total. The molecular formula is C22H19ClN2O6S. The molecule has 1 amide bonds. The molecule has 166 valence electrons. The second-order valence-corrected chi connectivity index (χ2v) is 8.79. The first-order valence-corrected chi connectivity index (χ1v) is 11.5. The molecule has 32 heavy (non-hydrogen) atoms. The topological polar surface area (TPSA) is 103 Å². The maximum absolute atomic E-state index is 12.9. The number of carbonyl (C=O) groups excluding carboxylic acids is 1. The van der Waals surface area contributed by atoms with Crippen molar-refractivity contribution in [1.82, 2.24) is 0 Å². The minimum atomic E-state index is -4.05. The molecule has 1 aliphatic heterocycles. The average Bonchev–Trinajstić information content (AvgIpc) is 3.23. The molecule has 0 saturated carbocycles. The third kappa shape index (κ3) is 4.74. The molecule has 0 fully saturated rings. The molecule has 0 saturated heterocycles. The Bertz CT molecular complexity index is 1260. The molecule has 0 radical (unpaired) electrons. The molecule has 0 aromatic heterocycles. The number of carbonyl (C=O) groups is 1. The number of hydrogen-bond donors (Lipinski definition) is 2. The van der Waals surface area contributed by atoms with Crippen molar-refractivity contribution in [3.63, 3.8) is 0 Å². The van der Waals surface area contributed by atoms with Crippen LogP contribution in [0.4, 0.5) is 11.4 Å². The van der Waals surface area contributed by atoms with Crippen LogP contribution in [0.2, 0.25) is 5.02 Å². The molecular weight excluding hydrogens is 456 g/mol. The summed E-state index contributed by atoms with van der Waals surface area (Å²) in [5, 5.41) is 2.70. The minimum absolute atomic E-state index is 0.0111. The molecule has 0 unspecified atom stereocenters. The van der Waals surface area contributed by atoms with Gasteiger partial charge in [0.25, 0.3) is 15.9 Å². The number of anilines is 2. The Balaban J connectivity index is 1.54. The van der Waals surface area contributed by atoms with Gasteiger partial charge >= 0.3 is 0 Å². The molecule has 1 aliphatic rings. The van der Waals surface area contributed by atoms with Gasteiger partial charge in [-0.1, -0.05) is 11.6 Å². The number of hydrogen-bond acceptors (Lipinski definition) is 6. The fourth-order valence-corrected chi connectivity index (χ4v) is 4.61. The van der Waals surface area contributed by atoms with Gasteiger partial charge in [-0.3, -0.25) is 9.52 Å². The highest BCUT2D eigenvalue weighted by atomic mass is 35.5. The second-order valence-electron chi connectivity index (χ2n) is 6.73. The number of fused-ring (bicyclic) bond motifs is 1. The van der Waals surface area contributed by atoms with Crippen LogP contribution in [0.1, 0.15) is 17.3 Å². The van der Waals surface area contributed by atoms with Crippen molar-refractivity contribution in [2.75, 3.05) is 23.4 Å². The molecule has 0 atom stereocenters. The van der Waals surface area contributed by atoms with Crippen molar-refractivity contribution < 1.29 is 27.4 Å². The summed E-state index contributed by atoms with van der Waals surface area (Å²) >= 11 is 6.14. The third-order valence-corrected chi connectivity index (χ3v) is 6.39. The van der Waals surface area contributed by atoms with Crippen molar-refractivity contribution in [1.29, 1.82) is 0 Å². The number of rotatable bonds is 7. The smallest absolute Gasteiger partial charge is 0.263 e. The van der Waals surface area contributed by atoms with Gasteiger partial charge < -0.3 is 19.5 Å². The quantitative estimate of drug-likeness (QED) is 0.522. The fourth-order valence-electron chi connectivity index (χ4n) is 3.02. The maximum Gasteiger partial charge on any atom is 0.263 e. The SMILES string of the molecule is CCOc1ccc(NS(=O)(=O)c2cc(C(=O)Nc3ccc4c(c3)OCO4)ccc2Cl)cc1. The lowest BCUT2D eigenvalue weighted by Crippen LogP contribution is -2.16. The number of benzene rings is 3. The number of ether oxygens (including phenoxy) is 3. The Morgan fingerprint density at radius 1 is 1.00 bits per heavy atom. The monoisotopic (exact) mass is 474 g/mol. The Morgan fingerprint density at radius 2 is 1.72 bits per heavy atom. The third-order valence-electron chi connectivity index (χ3n) is 4.53. The highest BCUT2D eigenvalue weighted by Crippen LogP contribution is 2.34. The zero-order valence-electron chi connectivity index (χ0n) is 16.9. The summed E-state index contributed by atoms with van der Waals surface area (Å²) in [7, 11) is -4.05. The van der Waals surface area contributed by atoms with Crippen LogP contribution in [0.3, 0.4) is 0 Å². The van der Waals surface area contributed by atoms with Crippen LogP contribution in [0, 0.1) is 0 Å². The lowest BCUT2D eigenvalue weighted by Gasteiger charge is -2.12. The van der Waals surface area contributed by atoms with E-state index in [-0.39, 0.29) is 22.3 Å². The van der Waals surface area contributed by atoms with E-state index in [4.69, 9.17) is 25.8 Å². The summed E-state index contributed by atoms with van der Waals surface area (Å²) in [6, 6.07) is 15.4. The van der Waals surface area contributed by atoms with Crippen LogP contribution in [-0.4, -0.2) is 27.7 Å². The van der Waals surface area contributed by atoms with Crippen molar-refractivity contribution in [2.24, 2.45) is 0 Å². The molecule has 3 aromatic carbocycles. The summed E-state index contributed by atoms with van der Waals surface area (Å²) in [6.45, 7) is 2.47. The van der Waals surface area contributed by atoms with Gasteiger partial charge in [0.1, 0.15) is 10.6 Å². The van der Waals surface area contributed by atoms with Crippen LogP contribution < -0.4 is 24.2 Å². The Morgan fingerprint density at radius 3 is 2.47 bits per heavy atom. The molecule has 1 heterocycles. The Labute approximate surface area is 190 Å². The lowest BCUT2D eigenvalue weighted by atomic mass is 10.2. The fraction of sp³-hybridized carbons (Fsp3) is 0.136. The van der Waals surface area contributed by atoms with Gasteiger partial charge in [0, 0.05) is 23.0 Å². The first kappa shape index (κ1) is 21.8. The van der Waals surface area contributed by atoms with E-state index in [1.54, 1.807) is 42.5 Å². The van der Waals surface area contributed by atoms with Crippen LogP contribution in [0.5, 0.6) is 17.2 Å². The van der Waals surface area contributed by atoms with Gasteiger partial charge in [-0.2, -0.15) is 0 Å². The Kier molecular flexibility index (Phi) is 6.11. The molecule has 8 nitrogen and oxygen atoms in total. The zero-order chi connectivity index (χ0) is 22.7. The van der Waals surface area contributed by atoms with Gasteiger partial charge in [0.15, 0.2) is 11.5 Å². The first-order valence-electron chi connectivity index (χ1n) is 9.62. The van der Waals surface area contributed by atoms with Crippen LogP contribution in [-0.2, 0) is 10.0 Å². The van der Waals surface area contributed by atoms with Gasteiger partial charge in [-0.25, -0.2) is 8.42 Å². The number of sulfonamides is 1. The normalized spacial score (nSPS) is 12.3. The van der Waals surface area contributed by atoms with E-state index >= 15 is 0 Å². The molecule has 0 aliphatic carbocycles. The van der Waals surface area contributed by atoms with Crippen molar-refractivity contribution in [2.45, 2.75) is 11.8 Å². The van der Waals surface area contributed by atoms with Gasteiger partial charge in [-0.15, -0.1) is 0 Å². The predicted octanol–water partition coefficient (Wildman–Crippen LogP) is 4.52. The van der Waals surface area contributed by atoms with Crippen LogP contribution >= 0.6 is 11.6 Å². The van der Waals surface area contributed by atoms with Crippen molar-refractivity contribution >= 4 is 38.9 Å². The second kappa shape index (κ2) is 8.97. The summed E-state index contributed by atoms with van der Waals surface area (Å²) in [5.41, 5.74) is 0.935. The van der Waals surface area contributed by atoms with E-state index < -0.39 is 15.9 Å². The minimum Gasteiger partial charge on any atom is -0.494 e. The molecule has 3 aromatic rings. The predicted molar refractivity (Wildman–Crippen MR) is 120 cm³/mol. The number of nitrogens with one attached hydrogen (secondary N) is 2. The largest absolute Gasteiger partial charge is 0.494 e. The maximum atomic E-state index is 12.9. The van der Waals surface area contributed by atoms with Crippen LogP contribution in [0.15, 0.2) is 65.6 Å². The summed E-state index contributed by atoms with van der Waals surface area (Å²) in [4.78, 5) is 12.5. The van der Waals surface area contributed by atoms with E-state index in [1.165, 1.54) is 18.2 Å². The van der Waals surface area contributed by atoms with E-state index in [9.17, 15) is 13.2 Å². The standard InChI is InChI=1S/C22H19ClN2O6S/c1-2-29-17-7-4-15(5-8-17)25-32(27,28)21-11-14(3-9-18(21)23)22(26)24-16-6-10-19-20(12-16)31-13-30-19/h3-12,25H,2,13H2,1H3,(H,24,26).